The summed E-state index contributed by atoms with van der Waals surface area (Å²) in [5.41, 5.74) is 27.6. The monoisotopic (exact) mass is 801 g/mol. The number of phenolic OH excluding ortho intramolecular Hbond substituents is 1. The Morgan fingerprint density at radius 1 is 0.732 bits per heavy atom. The van der Waals surface area contributed by atoms with Gasteiger partial charge in [0.15, 0.2) is 5.96 Å². The molecule has 24 heteroatoms. The number of nitrogens with zero attached hydrogens (tertiary/aromatic N) is 1. The van der Waals surface area contributed by atoms with E-state index in [1.807, 2.05) is 0 Å². The number of aliphatic hydroxyl groups is 4. The van der Waals surface area contributed by atoms with Crippen molar-refractivity contribution in [1.29, 1.82) is 0 Å². The Balaban J connectivity index is 3.34. The molecule has 24 nitrogen and oxygen atoms in total. The lowest BCUT2D eigenvalue weighted by atomic mass is 10.0. The molecule has 0 bridgehead atoms. The molecule has 316 valence electrons. The number of carboxylic acid groups (broad SMARTS) is 2. The van der Waals surface area contributed by atoms with Crippen molar-refractivity contribution in [1.82, 2.24) is 26.6 Å². The normalized spacial score (nSPS) is 16.7. The number of aliphatic hydroxyl groups excluding tert-OH is 4. The molecule has 0 fully saturated rings. The number of carboxylic acids is 2. The third-order valence-electron chi connectivity index (χ3n) is 8.19. The number of rotatable bonds is 28. The number of amides is 4. The van der Waals surface area contributed by atoms with E-state index in [-0.39, 0.29) is 37.5 Å². The van der Waals surface area contributed by atoms with Crippen molar-refractivity contribution in [2.75, 3.05) is 6.54 Å². The molecule has 0 aliphatic rings. The molecule has 1 rings (SSSR count). The number of aliphatic imine (C=N–C) groups is 1. The molecule has 1 aromatic carbocycles. The maximum Gasteiger partial charge on any atom is 0.305 e. The molecular weight excluding hydrogens is 746 g/mol. The summed E-state index contributed by atoms with van der Waals surface area (Å²) < 4.78 is 0. The number of guanidine groups is 1. The van der Waals surface area contributed by atoms with E-state index >= 15 is 0 Å². The van der Waals surface area contributed by atoms with E-state index in [9.17, 15) is 59.4 Å². The number of nitrogens with one attached hydrogen (secondary N) is 5. The van der Waals surface area contributed by atoms with Gasteiger partial charge in [0.05, 0.1) is 36.7 Å². The second-order valence-electron chi connectivity index (χ2n) is 13.0. The predicted molar refractivity (Wildman–Crippen MR) is 196 cm³/mol. The number of nitrogens with two attached hydrogens (primary N) is 5. The third-order valence-corrected chi connectivity index (χ3v) is 8.19. The van der Waals surface area contributed by atoms with Gasteiger partial charge in [0.25, 0.3) is 0 Å². The summed E-state index contributed by atoms with van der Waals surface area (Å²) in [6, 6.07) is -3.48. The van der Waals surface area contributed by atoms with Gasteiger partial charge in [0.2, 0.25) is 23.6 Å². The second kappa shape index (κ2) is 24.3. The number of hydrogen-bond acceptors (Lipinski definition) is 16. The van der Waals surface area contributed by atoms with Gasteiger partial charge in [0.1, 0.15) is 30.5 Å². The highest BCUT2D eigenvalue weighted by atomic mass is 16.4. The van der Waals surface area contributed by atoms with Crippen molar-refractivity contribution in [2.24, 2.45) is 33.7 Å². The Morgan fingerprint density at radius 3 is 1.84 bits per heavy atom. The zero-order valence-electron chi connectivity index (χ0n) is 30.7. The van der Waals surface area contributed by atoms with Crippen LogP contribution in [0.25, 0.3) is 0 Å². The summed E-state index contributed by atoms with van der Waals surface area (Å²) in [7, 11) is 0. The molecule has 0 aliphatic heterocycles. The van der Waals surface area contributed by atoms with Crippen LogP contribution in [-0.4, -0.2) is 145 Å². The third kappa shape index (κ3) is 18.9. The molecule has 1 aromatic rings. The number of carbonyl (C=O) groups is 6. The fraction of sp³-hybridized carbons (Fsp3) is 0.594. The SMILES string of the molecule is CC(O)C(NC(=O)C(Cc1ccc(O)cc1)NC(=O)C(CC(=O)O)N[C@@H](O)C(CC(N)=O)NC(O)C(N)CCCN=C(N)N)[C@@H](O)NC(CCC(=O)O)C(N)=O. The fourth-order valence-electron chi connectivity index (χ4n) is 5.20. The summed E-state index contributed by atoms with van der Waals surface area (Å²) in [6.07, 6.45) is -9.23. The molecule has 22 N–H and O–H groups in total. The standard InChI is InChI=1S/C32H55N11O13/c1-14(44)25(31(56)39-18(26(35)51)8-9-23(47)48)43-30(55)19(11-15-4-6-16(45)7-5-15)41-29(54)21(13-24(49)50)42-28(53)20(12-22(34)46)40-27(52)17(33)3-2-10-38-32(36)37/h4-7,14,17-21,25,27-28,31,39-40,42,44-45,52-53,56H,2-3,8-13,33H2,1H3,(H2,34,46)(H2,35,51)(H,41,54)(H,43,55)(H,47,48)(H,49,50)(H4,36,37,38)/t14?,17?,18?,19?,20?,21?,25?,27?,28-,31+/m0/s1. The van der Waals surface area contributed by atoms with Crippen LogP contribution in [0.3, 0.4) is 0 Å². The molecule has 4 amide bonds. The summed E-state index contributed by atoms with van der Waals surface area (Å²) in [5, 5.41) is 83.2. The predicted octanol–water partition coefficient (Wildman–Crippen LogP) is -6.80. The van der Waals surface area contributed by atoms with Crippen LogP contribution in [0.2, 0.25) is 0 Å². The van der Waals surface area contributed by atoms with Gasteiger partial charge < -0.3 is 75.0 Å². The molecule has 0 heterocycles. The van der Waals surface area contributed by atoms with Gasteiger partial charge in [-0.15, -0.1) is 0 Å². The van der Waals surface area contributed by atoms with Crippen molar-refractivity contribution in [3.05, 3.63) is 29.8 Å². The molecular formula is C32H55N11O13. The minimum atomic E-state index is -1.94. The number of primary amides is 2. The number of aromatic hydroxyl groups is 1. The Bertz CT molecular complexity index is 1480. The zero-order chi connectivity index (χ0) is 42.7. The number of aliphatic carboxylic acids is 2. The van der Waals surface area contributed by atoms with E-state index < -0.39 is 116 Å². The quantitative estimate of drug-likeness (QED) is 0.0162. The second-order valence-corrected chi connectivity index (χ2v) is 13.0. The van der Waals surface area contributed by atoms with Gasteiger partial charge >= 0.3 is 11.9 Å². The smallest absolute Gasteiger partial charge is 0.305 e. The average molecular weight is 802 g/mol. The average Bonchev–Trinajstić information content (AvgIpc) is 3.09. The van der Waals surface area contributed by atoms with Crippen molar-refractivity contribution >= 4 is 41.5 Å². The zero-order valence-corrected chi connectivity index (χ0v) is 30.7. The van der Waals surface area contributed by atoms with E-state index in [1.165, 1.54) is 31.2 Å². The van der Waals surface area contributed by atoms with Gasteiger partial charge in [-0.1, -0.05) is 12.1 Å². The van der Waals surface area contributed by atoms with E-state index in [2.05, 4.69) is 31.6 Å². The molecule has 56 heavy (non-hydrogen) atoms. The summed E-state index contributed by atoms with van der Waals surface area (Å²) in [5.74, 6) is -7.32. The summed E-state index contributed by atoms with van der Waals surface area (Å²) >= 11 is 0. The first-order valence-electron chi connectivity index (χ1n) is 17.3. The number of benzene rings is 1. The van der Waals surface area contributed by atoms with Crippen molar-refractivity contribution < 1.29 is 64.5 Å². The lowest BCUT2D eigenvalue weighted by Crippen LogP contribution is -2.63. The minimum Gasteiger partial charge on any atom is -0.508 e. The molecule has 0 aliphatic carbocycles. The number of phenols is 1. The van der Waals surface area contributed by atoms with Gasteiger partial charge in [-0.2, -0.15) is 0 Å². The molecule has 0 saturated carbocycles. The lowest BCUT2D eigenvalue weighted by molar-refractivity contribution is -0.141. The van der Waals surface area contributed by atoms with Crippen LogP contribution in [0.5, 0.6) is 5.75 Å². The van der Waals surface area contributed by atoms with Crippen LogP contribution < -0.4 is 55.3 Å². The van der Waals surface area contributed by atoms with Gasteiger partial charge in [0, 0.05) is 31.8 Å². The molecule has 8 unspecified atom stereocenters. The van der Waals surface area contributed by atoms with Crippen LogP contribution in [0.1, 0.15) is 51.0 Å². The highest BCUT2D eigenvalue weighted by molar-refractivity contribution is 5.92. The van der Waals surface area contributed by atoms with Crippen LogP contribution in [-0.2, 0) is 35.2 Å². The van der Waals surface area contributed by atoms with Crippen molar-refractivity contribution in [3.63, 3.8) is 0 Å². The Hall–Kier alpha value is -5.21. The van der Waals surface area contributed by atoms with Gasteiger partial charge in [-0.25, -0.2) is 0 Å². The van der Waals surface area contributed by atoms with E-state index in [1.54, 1.807) is 0 Å². The minimum absolute atomic E-state index is 0.134. The van der Waals surface area contributed by atoms with E-state index in [0.29, 0.717) is 12.0 Å². The van der Waals surface area contributed by atoms with Crippen LogP contribution in [0.4, 0.5) is 0 Å². The highest BCUT2D eigenvalue weighted by Gasteiger charge is 2.35. The molecule has 0 radical (unpaired) electrons. The van der Waals surface area contributed by atoms with E-state index in [4.69, 9.17) is 33.8 Å². The van der Waals surface area contributed by atoms with Crippen LogP contribution in [0, 0.1) is 0 Å². The molecule has 0 saturated heterocycles. The maximum absolute atomic E-state index is 13.7. The topological polar surface area (TPSA) is 447 Å². The largest absolute Gasteiger partial charge is 0.508 e. The number of hydrogen-bond donors (Lipinski definition) is 17. The Kier molecular flexibility index (Phi) is 21.2. The fourth-order valence-corrected chi connectivity index (χ4v) is 5.20. The van der Waals surface area contributed by atoms with Crippen LogP contribution in [0.15, 0.2) is 29.3 Å². The Labute approximate surface area is 321 Å². The first-order chi connectivity index (χ1) is 26.1. The summed E-state index contributed by atoms with van der Waals surface area (Å²) in [6.45, 7) is 1.36. The Morgan fingerprint density at radius 2 is 1.32 bits per heavy atom. The number of carbonyl (C=O) groups excluding carboxylic acids is 4. The first kappa shape index (κ1) is 48.8. The van der Waals surface area contributed by atoms with Crippen LogP contribution >= 0.6 is 0 Å². The van der Waals surface area contributed by atoms with Crippen molar-refractivity contribution in [2.45, 2.75) is 113 Å². The molecule has 10 atom stereocenters. The maximum atomic E-state index is 13.7. The molecule has 0 spiro atoms. The summed E-state index contributed by atoms with van der Waals surface area (Å²) in [4.78, 5) is 77.8. The van der Waals surface area contributed by atoms with Crippen molar-refractivity contribution in [3.8, 4) is 5.75 Å². The first-order valence-corrected chi connectivity index (χ1v) is 17.3. The van der Waals surface area contributed by atoms with E-state index in [0.717, 1.165) is 0 Å². The lowest BCUT2D eigenvalue weighted by Gasteiger charge is -2.32. The van der Waals surface area contributed by atoms with Gasteiger partial charge in [-0.05, 0) is 43.9 Å². The highest BCUT2D eigenvalue weighted by Crippen LogP contribution is 2.13. The molecule has 0 aromatic heterocycles. The van der Waals surface area contributed by atoms with Gasteiger partial charge in [-0.3, -0.25) is 49.7 Å².